The first-order valence-electron chi connectivity index (χ1n) is 9.65. The molecular weight excluding hydrogens is 402 g/mol. The maximum Gasteiger partial charge on any atom is 0.278 e. The highest BCUT2D eigenvalue weighted by atomic mass is 32.2. The number of rotatable bonds is 5. The lowest BCUT2D eigenvalue weighted by Crippen LogP contribution is -2.23. The summed E-state index contributed by atoms with van der Waals surface area (Å²) in [6, 6.07) is 13.1. The van der Waals surface area contributed by atoms with Crippen LogP contribution < -0.4 is 15.0 Å². The molecule has 0 saturated carbocycles. The minimum atomic E-state index is -0.158. The third kappa shape index (κ3) is 3.30. The summed E-state index contributed by atoms with van der Waals surface area (Å²) in [7, 11) is 0. The molecular formula is C21H19N5O3S. The molecule has 0 unspecified atom stereocenters. The predicted octanol–water partition coefficient (Wildman–Crippen LogP) is 3.20. The van der Waals surface area contributed by atoms with E-state index in [1.807, 2.05) is 36.5 Å². The average Bonchev–Trinajstić information content (AvgIpc) is 3.21. The third-order valence-electron chi connectivity index (χ3n) is 4.92. The Labute approximate surface area is 176 Å². The van der Waals surface area contributed by atoms with Crippen molar-refractivity contribution < 1.29 is 9.47 Å². The Morgan fingerprint density at radius 3 is 2.80 bits per heavy atom. The van der Waals surface area contributed by atoms with E-state index in [4.69, 9.17) is 9.47 Å². The highest BCUT2D eigenvalue weighted by Gasteiger charge is 2.16. The molecule has 0 N–H and O–H groups in total. The van der Waals surface area contributed by atoms with Gasteiger partial charge in [0.25, 0.3) is 5.56 Å². The Balaban J connectivity index is 1.42. The van der Waals surface area contributed by atoms with Crippen LogP contribution in [0, 0.1) is 0 Å². The van der Waals surface area contributed by atoms with Crippen LogP contribution in [0.15, 0.2) is 58.6 Å². The van der Waals surface area contributed by atoms with Crippen LogP contribution in [-0.4, -0.2) is 37.8 Å². The monoisotopic (exact) mass is 421 g/mol. The van der Waals surface area contributed by atoms with Crippen LogP contribution in [0.25, 0.3) is 22.2 Å². The molecule has 4 aromatic rings. The molecule has 0 spiro atoms. The number of imidazole rings is 1. The van der Waals surface area contributed by atoms with E-state index in [1.165, 1.54) is 16.4 Å². The fourth-order valence-corrected chi connectivity index (χ4v) is 4.36. The number of benzene rings is 2. The van der Waals surface area contributed by atoms with Crippen molar-refractivity contribution in [1.82, 2.24) is 24.5 Å². The number of fused-ring (bicyclic) bond motifs is 2. The van der Waals surface area contributed by atoms with Gasteiger partial charge in [0, 0.05) is 12.1 Å². The Bertz CT molecular complexity index is 1280. The maximum atomic E-state index is 12.7. The molecule has 0 amide bonds. The zero-order chi connectivity index (χ0) is 20.5. The molecule has 5 rings (SSSR count). The second-order valence-electron chi connectivity index (χ2n) is 6.71. The Kier molecular flexibility index (Phi) is 4.88. The second-order valence-corrected chi connectivity index (χ2v) is 7.63. The summed E-state index contributed by atoms with van der Waals surface area (Å²) in [6.45, 7) is 3.92. The van der Waals surface area contributed by atoms with Crippen LogP contribution >= 0.6 is 11.8 Å². The van der Waals surface area contributed by atoms with E-state index < -0.39 is 0 Å². The number of thioether (sulfide) groups is 1. The van der Waals surface area contributed by atoms with Crippen molar-refractivity contribution >= 4 is 22.7 Å². The minimum absolute atomic E-state index is 0.158. The molecule has 30 heavy (non-hydrogen) atoms. The lowest BCUT2D eigenvalue weighted by Gasteiger charge is -2.19. The van der Waals surface area contributed by atoms with E-state index in [9.17, 15) is 4.79 Å². The number of hydrogen-bond acceptors (Lipinski definition) is 7. The van der Waals surface area contributed by atoms with E-state index in [0.717, 1.165) is 34.5 Å². The van der Waals surface area contributed by atoms with Crippen LogP contribution in [0.3, 0.4) is 0 Å². The van der Waals surface area contributed by atoms with Crippen LogP contribution in [0.1, 0.15) is 6.92 Å². The average molecular weight is 421 g/mol. The molecule has 9 heteroatoms. The molecule has 8 nitrogen and oxygen atoms in total. The highest BCUT2D eigenvalue weighted by Crippen LogP contribution is 2.35. The normalized spacial score (nSPS) is 13.0. The molecule has 2 aromatic carbocycles. The molecule has 0 radical (unpaired) electrons. The Morgan fingerprint density at radius 1 is 1.10 bits per heavy atom. The van der Waals surface area contributed by atoms with Crippen LogP contribution in [0.4, 0.5) is 0 Å². The van der Waals surface area contributed by atoms with E-state index >= 15 is 0 Å². The molecule has 3 heterocycles. The van der Waals surface area contributed by atoms with E-state index in [1.54, 1.807) is 12.1 Å². The van der Waals surface area contributed by atoms with Gasteiger partial charge in [0.1, 0.15) is 18.7 Å². The lowest BCUT2D eigenvalue weighted by molar-refractivity contribution is 0.171. The third-order valence-corrected chi connectivity index (χ3v) is 5.88. The van der Waals surface area contributed by atoms with Crippen molar-refractivity contribution in [2.45, 2.75) is 24.5 Å². The number of ether oxygens (including phenoxy) is 2. The van der Waals surface area contributed by atoms with Gasteiger partial charge in [-0.1, -0.05) is 29.1 Å². The van der Waals surface area contributed by atoms with Gasteiger partial charge in [-0.25, -0.2) is 4.98 Å². The standard InChI is InChI=1S/C21H19N5O3S/c1-2-25-17(14-7-8-18-19(11-14)29-10-9-28-18)12-22-21(25)30-13-26-20(27)15-5-3-4-6-16(15)23-24-26/h3-8,11-12H,2,9-10,13H2,1H3. The van der Waals surface area contributed by atoms with Crippen LogP contribution in [0.5, 0.6) is 11.5 Å². The summed E-state index contributed by atoms with van der Waals surface area (Å²) in [5.74, 6) is 1.83. The van der Waals surface area contributed by atoms with Gasteiger partial charge in [-0.2, -0.15) is 4.68 Å². The van der Waals surface area contributed by atoms with Crippen molar-refractivity contribution in [2.24, 2.45) is 0 Å². The fourth-order valence-electron chi connectivity index (χ4n) is 3.44. The van der Waals surface area contributed by atoms with E-state index in [0.29, 0.717) is 30.0 Å². The van der Waals surface area contributed by atoms with Crippen molar-refractivity contribution in [3.05, 3.63) is 59.0 Å². The Morgan fingerprint density at radius 2 is 1.93 bits per heavy atom. The SMILES string of the molecule is CCn1c(-c2ccc3c(c2)OCCO3)cnc1SCn1nnc2ccccc2c1=O. The molecule has 152 valence electrons. The maximum absolute atomic E-state index is 12.7. The van der Waals surface area contributed by atoms with Gasteiger partial charge in [0.05, 0.1) is 23.2 Å². The van der Waals surface area contributed by atoms with Gasteiger partial charge in [0.15, 0.2) is 16.7 Å². The summed E-state index contributed by atoms with van der Waals surface area (Å²) >= 11 is 1.45. The molecule has 0 fully saturated rings. The molecule has 1 aliphatic rings. The van der Waals surface area contributed by atoms with Gasteiger partial charge in [-0.3, -0.25) is 4.79 Å². The zero-order valence-corrected chi connectivity index (χ0v) is 17.1. The minimum Gasteiger partial charge on any atom is -0.486 e. The van der Waals surface area contributed by atoms with Gasteiger partial charge in [0.2, 0.25) is 0 Å². The highest BCUT2D eigenvalue weighted by molar-refractivity contribution is 7.98. The largest absolute Gasteiger partial charge is 0.486 e. The van der Waals surface area contributed by atoms with Gasteiger partial charge >= 0.3 is 0 Å². The number of hydrogen-bond donors (Lipinski definition) is 0. The second kappa shape index (κ2) is 7.83. The fraction of sp³-hybridized carbons (Fsp3) is 0.238. The smallest absolute Gasteiger partial charge is 0.278 e. The summed E-state index contributed by atoms with van der Waals surface area (Å²) in [5, 5.41) is 9.56. The first-order valence-corrected chi connectivity index (χ1v) is 10.6. The van der Waals surface area contributed by atoms with E-state index in [-0.39, 0.29) is 5.56 Å². The van der Waals surface area contributed by atoms with Gasteiger partial charge in [-0.05, 0) is 37.3 Å². The van der Waals surface area contributed by atoms with Gasteiger partial charge in [-0.15, -0.1) is 5.10 Å². The topological polar surface area (TPSA) is 84.1 Å². The molecule has 0 aliphatic carbocycles. The van der Waals surface area contributed by atoms with Crippen molar-refractivity contribution in [1.29, 1.82) is 0 Å². The first-order chi connectivity index (χ1) is 14.7. The zero-order valence-electron chi connectivity index (χ0n) is 16.3. The predicted molar refractivity (Wildman–Crippen MR) is 114 cm³/mol. The lowest BCUT2D eigenvalue weighted by atomic mass is 10.1. The van der Waals surface area contributed by atoms with Gasteiger partial charge < -0.3 is 14.0 Å². The van der Waals surface area contributed by atoms with E-state index in [2.05, 4.69) is 26.8 Å². The molecule has 0 saturated heterocycles. The number of aromatic nitrogens is 5. The molecule has 1 aliphatic heterocycles. The molecule has 2 aromatic heterocycles. The van der Waals surface area contributed by atoms with Crippen molar-refractivity contribution in [3.63, 3.8) is 0 Å². The summed E-state index contributed by atoms with van der Waals surface area (Å²) < 4.78 is 14.8. The number of nitrogens with zero attached hydrogens (tertiary/aromatic N) is 5. The van der Waals surface area contributed by atoms with Crippen LogP contribution in [0.2, 0.25) is 0 Å². The molecule has 0 bridgehead atoms. The Hall–Kier alpha value is -3.33. The quantitative estimate of drug-likeness (QED) is 0.458. The first kappa shape index (κ1) is 18.7. The van der Waals surface area contributed by atoms with Crippen molar-refractivity contribution in [3.8, 4) is 22.8 Å². The summed E-state index contributed by atoms with van der Waals surface area (Å²) in [5.41, 5.74) is 2.42. The summed E-state index contributed by atoms with van der Waals surface area (Å²) in [4.78, 5) is 17.2. The van der Waals surface area contributed by atoms with Crippen molar-refractivity contribution in [2.75, 3.05) is 13.2 Å². The summed E-state index contributed by atoms with van der Waals surface area (Å²) in [6.07, 6.45) is 1.84. The molecule has 0 atom stereocenters. The van der Waals surface area contributed by atoms with Crippen LogP contribution in [-0.2, 0) is 12.4 Å².